The minimum absolute atomic E-state index is 0.0206. The molecule has 0 saturated carbocycles. The number of nitrogens with one attached hydrogen (secondary N) is 1. The molecule has 0 aliphatic rings. The summed E-state index contributed by atoms with van der Waals surface area (Å²) in [4.78, 5) is 11.7. The molecule has 0 aliphatic heterocycles. The fourth-order valence-corrected chi connectivity index (χ4v) is 2.21. The predicted molar refractivity (Wildman–Crippen MR) is 73.5 cm³/mol. The van der Waals surface area contributed by atoms with Crippen molar-refractivity contribution in [3.63, 3.8) is 0 Å². The van der Waals surface area contributed by atoms with Crippen molar-refractivity contribution in [1.82, 2.24) is 5.32 Å². The number of ether oxygens (including phenoxy) is 1. The molecular formula is C14H29NO3. The number of hydrogen-bond acceptors (Lipinski definition) is 3. The Kier molecular flexibility index (Phi) is 5.66. The number of amides is 1. The Bertz CT molecular complexity index is 277. The van der Waals surface area contributed by atoms with Crippen LogP contribution in [0.15, 0.2) is 0 Å². The van der Waals surface area contributed by atoms with Gasteiger partial charge in [-0.05, 0) is 52.9 Å². The highest BCUT2D eigenvalue weighted by Crippen LogP contribution is 2.31. The Morgan fingerprint density at radius 1 is 1.11 bits per heavy atom. The Balaban J connectivity index is 4.43. The fourth-order valence-electron chi connectivity index (χ4n) is 2.21. The van der Waals surface area contributed by atoms with Gasteiger partial charge in [-0.1, -0.05) is 13.8 Å². The molecule has 0 aromatic heterocycles. The molecule has 0 bridgehead atoms. The van der Waals surface area contributed by atoms with Gasteiger partial charge >= 0.3 is 6.09 Å². The maximum atomic E-state index is 11.7. The predicted octanol–water partition coefficient (Wildman–Crippen LogP) is 3.09. The third-order valence-electron chi connectivity index (χ3n) is 2.55. The Morgan fingerprint density at radius 3 is 2.00 bits per heavy atom. The lowest BCUT2D eigenvalue weighted by atomic mass is 9.78. The van der Waals surface area contributed by atoms with Gasteiger partial charge in [0.2, 0.25) is 0 Å². The van der Waals surface area contributed by atoms with E-state index in [9.17, 15) is 4.79 Å². The van der Waals surface area contributed by atoms with E-state index >= 15 is 0 Å². The van der Waals surface area contributed by atoms with Crippen LogP contribution in [0, 0.1) is 5.41 Å². The molecule has 4 heteroatoms. The molecule has 0 spiro atoms. The molecule has 0 unspecified atom stereocenters. The lowest BCUT2D eigenvalue weighted by Crippen LogP contribution is -2.48. The van der Waals surface area contributed by atoms with Crippen molar-refractivity contribution in [2.45, 2.75) is 72.4 Å². The van der Waals surface area contributed by atoms with Crippen LogP contribution >= 0.6 is 0 Å². The molecule has 4 nitrogen and oxygen atoms in total. The first kappa shape index (κ1) is 17.2. The van der Waals surface area contributed by atoms with Crippen LogP contribution in [0.4, 0.5) is 4.79 Å². The number of aliphatic hydroxyl groups excluding tert-OH is 1. The van der Waals surface area contributed by atoms with Crippen LogP contribution in [0.25, 0.3) is 0 Å². The summed E-state index contributed by atoms with van der Waals surface area (Å²) in [6.07, 6.45) is 1.10. The van der Waals surface area contributed by atoms with E-state index in [0.29, 0.717) is 6.42 Å². The van der Waals surface area contributed by atoms with E-state index in [0.717, 1.165) is 6.42 Å². The third kappa shape index (κ3) is 8.34. The van der Waals surface area contributed by atoms with Crippen molar-refractivity contribution in [2.75, 3.05) is 6.61 Å². The summed E-state index contributed by atoms with van der Waals surface area (Å²) >= 11 is 0. The van der Waals surface area contributed by atoms with Gasteiger partial charge < -0.3 is 15.2 Å². The molecule has 0 aliphatic carbocycles. The van der Waals surface area contributed by atoms with E-state index in [1.54, 1.807) is 0 Å². The largest absolute Gasteiger partial charge is 0.444 e. The summed E-state index contributed by atoms with van der Waals surface area (Å²) < 4.78 is 5.25. The molecular weight excluding hydrogens is 230 g/mol. The molecule has 0 atom stereocenters. The molecule has 0 rings (SSSR count). The molecule has 0 fully saturated rings. The fraction of sp³-hybridized carbons (Fsp3) is 0.929. The zero-order chi connectivity index (χ0) is 14.6. The van der Waals surface area contributed by atoms with Crippen molar-refractivity contribution in [3.8, 4) is 0 Å². The van der Waals surface area contributed by atoms with Crippen LogP contribution in [-0.4, -0.2) is 28.9 Å². The topological polar surface area (TPSA) is 58.6 Å². The lowest BCUT2D eigenvalue weighted by molar-refractivity contribution is 0.0440. The molecule has 2 N–H and O–H groups in total. The lowest BCUT2D eigenvalue weighted by Gasteiger charge is -2.35. The first-order valence-electron chi connectivity index (χ1n) is 6.49. The second-order valence-corrected chi connectivity index (χ2v) is 7.33. The van der Waals surface area contributed by atoms with Crippen LogP contribution < -0.4 is 5.32 Å². The Morgan fingerprint density at radius 2 is 1.61 bits per heavy atom. The highest BCUT2D eigenvalue weighted by Gasteiger charge is 2.31. The van der Waals surface area contributed by atoms with Crippen LogP contribution in [0.2, 0.25) is 0 Å². The van der Waals surface area contributed by atoms with E-state index in [-0.39, 0.29) is 17.6 Å². The van der Waals surface area contributed by atoms with Crippen LogP contribution in [-0.2, 0) is 4.74 Å². The standard InChI is InChI=1S/C14H29NO3/c1-12(2,3)18-11(17)15-14(6,7)10-13(4,5)8-9-16/h16H,8-10H2,1-7H3,(H,15,17). The maximum Gasteiger partial charge on any atom is 0.408 e. The smallest absolute Gasteiger partial charge is 0.408 e. The number of hydrogen-bond donors (Lipinski definition) is 2. The molecule has 1 amide bonds. The normalized spacial score (nSPS) is 13.3. The number of carbonyl (C=O) groups excluding carboxylic acids is 1. The highest BCUT2D eigenvalue weighted by molar-refractivity contribution is 5.68. The van der Waals surface area contributed by atoms with Crippen molar-refractivity contribution in [2.24, 2.45) is 5.41 Å². The van der Waals surface area contributed by atoms with E-state index < -0.39 is 11.7 Å². The summed E-state index contributed by atoms with van der Waals surface area (Å²) in [7, 11) is 0. The second kappa shape index (κ2) is 5.91. The van der Waals surface area contributed by atoms with Crippen molar-refractivity contribution >= 4 is 6.09 Å². The van der Waals surface area contributed by atoms with E-state index in [1.807, 2.05) is 34.6 Å². The van der Waals surface area contributed by atoms with Crippen molar-refractivity contribution in [3.05, 3.63) is 0 Å². The third-order valence-corrected chi connectivity index (χ3v) is 2.55. The monoisotopic (exact) mass is 259 g/mol. The summed E-state index contributed by atoms with van der Waals surface area (Å²) in [5.41, 5.74) is -0.866. The zero-order valence-electron chi connectivity index (χ0n) is 12.9. The van der Waals surface area contributed by atoms with Gasteiger partial charge in [0.05, 0.1) is 0 Å². The van der Waals surface area contributed by atoms with Crippen molar-refractivity contribution < 1.29 is 14.6 Å². The molecule has 0 aromatic rings. The van der Waals surface area contributed by atoms with Crippen LogP contribution in [0.3, 0.4) is 0 Å². The molecule has 0 saturated heterocycles. The molecule has 0 heterocycles. The number of rotatable bonds is 5. The summed E-state index contributed by atoms with van der Waals surface area (Å²) in [5.74, 6) is 0. The van der Waals surface area contributed by atoms with E-state index in [1.165, 1.54) is 0 Å². The summed E-state index contributed by atoms with van der Waals surface area (Å²) in [5, 5.41) is 11.9. The Labute approximate surface area is 111 Å². The van der Waals surface area contributed by atoms with Crippen molar-refractivity contribution in [1.29, 1.82) is 0 Å². The van der Waals surface area contributed by atoms with Gasteiger partial charge in [-0.25, -0.2) is 4.79 Å². The van der Waals surface area contributed by atoms with Crippen LogP contribution in [0.5, 0.6) is 0 Å². The first-order chi connectivity index (χ1) is 7.87. The quantitative estimate of drug-likeness (QED) is 0.797. The van der Waals surface area contributed by atoms with Gasteiger partial charge in [0.15, 0.2) is 0 Å². The minimum Gasteiger partial charge on any atom is -0.444 e. The SMILES string of the molecule is CC(C)(CCO)CC(C)(C)NC(=O)OC(C)(C)C. The van der Waals surface area contributed by atoms with Gasteiger partial charge in [0, 0.05) is 12.1 Å². The van der Waals surface area contributed by atoms with Gasteiger partial charge in [0.25, 0.3) is 0 Å². The summed E-state index contributed by atoms with van der Waals surface area (Å²) in [6.45, 7) is 13.8. The molecule has 108 valence electrons. The average Bonchev–Trinajstić information content (AvgIpc) is 1.93. The summed E-state index contributed by atoms with van der Waals surface area (Å²) in [6, 6.07) is 0. The number of aliphatic hydroxyl groups is 1. The second-order valence-electron chi connectivity index (χ2n) is 7.33. The minimum atomic E-state index is -0.485. The Hall–Kier alpha value is -0.770. The van der Waals surface area contributed by atoms with E-state index in [2.05, 4.69) is 19.2 Å². The van der Waals surface area contributed by atoms with E-state index in [4.69, 9.17) is 9.84 Å². The average molecular weight is 259 g/mol. The van der Waals surface area contributed by atoms with Gasteiger partial charge in [-0.2, -0.15) is 0 Å². The number of carbonyl (C=O) groups is 1. The molecule has 0 radical (unpaired) electrons. The molecule has 0 aromatic carbocycles. The maximum absolute atomic E-state index is 11.7. The molecule has 18 heavy (non-hydrogen) atoms. The number of alkyl carbamates (subject to hydrolysis) is 1. The van der Waals surface area contributed by atoms with Gasteiger partial charge in [-0.3, -0.25) is 0 Å². The zero-order valence-corrected chi connectivity index (χ0v) is 12.9. The van der Waals surface area contributed by atoms with Gasteiger partial charge in [-0.15, -0.1) is 0 Å². The van der Waals surface area contributed by atoms with Crippen LogP contribution in [0.1, 0.15) is 61.3 Å². The van der Waals surface area contributed by atoms with Gasteiger partial charge in [0.1, 0.15) is 5.60 Å². The first-order valence-corrected chi connectivity index (χ1v) is 6.49. The highest BCUT2D eigenvalue weighted by atomic mass is 16.6.